The Morgan fingerprint density at radius 2 is 1.82 bits per heavy atom. The third-order valence-electron chi connectivity index (χ3n) is 2.21. The third-order valence-corrected chi connectivity index (χ3v) is 2.21. The Bertz CT molecular complexity index is 319. The van der Waals surface area contributed by atoms with Crippen molar-refractivity contribution >= 4 is 5.91 Å². The van der Waals surface area contributed by atoms with Gasteiger partial charge in [-0.2, -0.15) is 0 Å². The third kappa shape index (κ3) is 6.61. The van der Waals surface area contributed by atoms with E-state index in [1.54, 1.807) is 12.1 Å². The molecule has 1 aromatic rings. The first-order chi connectivity index (χ1) is 8.11. The van der Waals surface area contributed by atoms with Gasteiger partial charge in [-0.3, -0.25) is 4.79 Å². The second-order valence-electron chi connectivity index (χ2n) is 3.69. The molecule has 3 heteroatoms. The van der Waals surface area contributed by atoms with E-state index in [0.717, 1.165) is 12.0 Å². The lowest BCUT2D eigenvalue weighted by atomic mass is 10.1. The van der Waals surface area contributed by atoms with Crippen LogP contribution in [0.25, 0.3) is 0 Å². The molecule has 17 heavy (non-hydrogen) atoms. The van der Waals surface area contributed by atoms with Crippen LogP contribution in [0, 0.1) is 0 Å². The molecule has 0 heterocycles. The number of hydrogen-bond donors (Lipinski definition) is 2. The average Bonchev–Trinajstić information content (AvgIpc) is 2.34. The largest absolute Gasteiger partial charge is 0.508 e. The van der Waals surface area contributed by atoms with Crippen LogP contribution in [0.4, 0.5) is 0 Å². The number of phenolic OH excluding ortho intramolecular Hbond substituents is 1. The Kier molecular flexibility index (Phi) is 7.85. The van der Waals surface area contributed by atoms with Crippen LogP contribution in [-0.2, 0) is 11.2 Å². The first-order valence-corrected chi connectivity index (χ1v) is 6.19. The maximum Gasteiger partial charge on any atom is 0.219 e. The summed E-state index contributed by atoms with van der Waals surface area (Å²) in [6.45, 7) is 7.81. The van der Waals surface area contributed by atoms with E-state index in [1.807, 2.05) is 39.8 Å². The monoisotopic (exact) mass is 237 g/mol. The molecule has 96 valence electrons. The summed E-state index contributed by atoms with van der Waals surface area (Å²) < 4.78 is 0. The number of rotatable bonds is 4. The topological polar surface area (TPSA) is 49.3 Å². The molecule has 3 nitrogen and oxygen atoms in total. The highest BCUT2D eigenvalue weighted by Crippen LogP contribution is 2.11. The van der Waals surface area contributed by atoms with Gasteiger partial charge in [-0.15, -0.1) is 0 Å². The van der Waals surface area contributed by atoms with E-state index in [0.29, 0.717) is 6.42 Å². The number of benzene rings is 1. The summed E-state index contributed by atoms with van der Waals surface area (Å²) in [6, 6.07) is 7.17. The van der Waals surface area contributed by atoms with Crippen LogP contribution in [0.1, 0.15) is 39.7 Å². The lowest BCUT2D eigenvalue weighted by Crippen LogP contribution is -2.33. The Morgan fingerprint density at radius 3 is 2.29 bits per heavy atom. The number of carbonyl (C=O) groups is 1. The SMILES string of the molecule is CC.CCC(=O)NC(C)Cc1ccc(O)cc1. The number of phenols is 1. The highest BCUT2D eigenvalue weighted by molar-refractivity contribution is 5.75. The maximum absolute atomic E-state index is 11.1. The molecular weight excluding hydrogens is 214 g/mol. The molecule has 1 aromatic carbocycles. The summed E-state index contributed by atoms with van der Waals surface area (Å²) >= 11 is 0. The summed E-state index contributed by atoms with van der Waals surface area (Å²) in [5, 5.41) is 12.0. The van der Waals surface area contributed by atoms with Crippen LogP contribution in [0.2, 0.25) is 0 Å². The Morgan fingerprint density at radius 1 is 1.29 bits per heavy atom. The van der Waals surface area contributed by atoms with Gasteiger partial charge in [0.25, 0.3) is 0 Å². The molecule has 0 saturated heterocycles. The molecule has 0 fully saturated rings. The predicted molar refractivity (Wildman–Crippen MR) is 71.1 cm³/mol. The molecular formula is C14H23NO2. The van der Waals surface area contributed by atoms with E-state index in [9.17, 15) is 4.79 Å². The molecule has 0 aliphatic rings. The Hall–Kier alpha value is -1.51. The molecule has 1 atom stereocenters. The molecule has 0 bridgehead atoms. The second kappa shape index (κ2) is 8.62. The van der Waals surface area contributed by atoms with Crippen LogP contribution in [0.5, 0.6) is 5.75 Å². The van der Waals surface area contributed by atoms with Crippen molar-refractivity contribution in [1.29, 1.82) is 0 Å². The van der Waals surface area contributed by atoms with Crippen molar-refractivity contribution in [3.63, 3.8) is 0 Å². The molecule has 0 aromatic heterocycles. The van der Waals surface area contributed by atoms with Gasteiger partial charge >= 0.3 is 0 Å². The molecule has 1 unspecified atom stereocenters. The molecule has 1 amide bonds. The van der Waals surface area contributed by atoms with Crippen molar-refractivity contribution < 1.29 is 9.90 Å². The average molecular weight is 237 g/mol. The van der Waals surface area contributed by atoms with Crippen LogP contribution in [0.3, 0.4) is 0 Å². The summed E-state index contributed by atoms with van der Waals surface area (Å²) in [7, 11) is 0. The van der Waals surface area contributed by atoms with E-state index in [2.05, 4.69) is 5.32 Å². The van der Waals surface area contributed by atoms with Crippen LogP contribution in [-0.4, -0.2) is 17.1 Å². The van der Waals surface area contributed by atoms with Crippen molar-refractivity contribution in [3.8, 4) is 5.75 Å². The highest BCUT2D eigenvalue weighted by atomic mass is 16.3. The second-order valence-corrected chi connectivity index (χ2v) is 3.69. The van der Waals surface area contributed by atoms with Crippen molar-refractivity contribution in [2.75, 3.05) is 0 Å². The molecule has 0 spiro atoms. The first kappa shape index (κ1) is 15.5. The number of amides is 1. The number of hydrogen-bond acceptors (Lipinski definition) is 2. The lowest BCUT2D eigenvalue weighted by Gasteiger charge is -2.13. The van der Waals surface area contributed by atoms with Gasteiger partial charge in [-0.05, 0) is 31.0 Å². The number of aromatic hydroxyl groups is 1. The summed E-state index contributed by atoms with van der Waals surface area (Å²) in [6.07, 6.45) is 1.30. The minimum atomic E-state index is 0.0706. The van der Waals surface area contributed by atoms with Crippen LogP contribution >= 0.6 is 0 Å². The molecule has 1 rings (SSSR count). The minimum absolute atomic E-state index is 0.0706. The van der Waals surface area contributed by atoms with Gasteiger partial charge in [-0.1, -0.05) is 32.9 Å². The quantitative estimate of drug-likeness (QED) is 0.846. The zero-order valence-electron chi connectivity index (χ0n) is 11.2. The van der Waals surface area contributed by atoms with Gasteiger partial charge in [0.15, 0.2) is 0 Å². The fourth-order valence-corrected chi connectivity index (χ4v) is 1.41. The van der Waals surface area contributed by atoms with Gasteiger partial charge in [-0.25, -0.2) is 0 Å². The standard InChI is InChI=1S/C12H17NO2.C2H6/c1-3-12(15)13-9(2)8-10-4-6-11(14)7-5-10;1-2/h4-7,9,14H,3,8H2,1-2H3,(H,13,15);1-2H3. The van der Waals surface area contributed by atoms with Crippen LogP contribution < -0.4 is 5.32 Å². The van der Waals surface area contributed by atoms with Crippen molar-refractivity contribution in [2.24, 2.45) is 0 Å². The van der Waals surface area contributed by atoms with E-state index in [1.165, 1.54) is 0 Å². The van der Waals surface area contributed by atoms with Gasteiger partial charge in [0.05, 0.1) is 0 Å². The van der Waals surface area contributed by atoms with E-state index >= 15 is 0 Å². The van der Waals surface area contributed by atoms with Crippen molar-refractivity contribution in [3.05, 3.63) is 29.8 Å². The van der Waals surface area contributed by atoms with Gasteiger partial charge in [0, 0.05) is 12.5 Å². The molecule has 0 aliphatic carbocycles. The summed E-state index contributed by atoms with van der Waals surface area (Å²) in [5.74, 6) is 0.338. The number of nitrogens with one attached hydrogen (secondary N) is 1. The molecule has 0 radical (unpaired) electrons. The lowest BCUT2D eigenvalue weighted by molar-refractivity contribution is -0.121. The zero-order chi connectivity index (χ0) is 13.3. The first-order valence-electron chi connectivity index (χ1n) is 6.19. The van der Waals surface area contributed by atoms with Gasteiger partial charge in [0.2, 0.25) is 5.91 Å². The zero-order valence-corrected chi connectivity index (χ0v) is 11.2. The predicted octanol–water partition coefficient (Wildman–Crippen LogP) is 2.88. The summed E-state index contributed by atoms with van der Waals surface area (Å²) in [5.41, 5.74) is 1.11. The number of carbonyl (C=O) groups excluding carboxylic acids is 1. The van der Waals surface area contributed by atoms with Crippen molar-refractivity contribution in [1.82, 2.24) is 5.32 Å². The molecule has 2 N–H and O–H groups in total. The summed E-state index contributed by atoms with van der Waals surface area (Å²) in [4.78, 5) is 11.1. The maximum atomic E-state index is 11.1. The fraction of sp³-hybridized carbons (Fsp3) is 0.500. The van der Waals surface area contributed by atoms with Crippen molar-refractivity contribution in [2.45, 2.75) is 46.6 Å². The molecule has 0 saturated carbocycles. The normalized spacial score (nSPS) is 11.1. The Labute approximate surface area is 104 Å². The smallest absolute Gasteiger partial charge is 0.219 e. The highest BCUT2D eigenvalue weighted by Gasteiger charge is 2.05. The van der Waals surface area contributed by atoms with E-state index in [4.69, 9.17) is 5.11 Å². The van der Waals surface area contributed by atoms with Gasteiger partial charge in [0.1, 0.15) is 5.75 Å². The Balaban J connectivity index is 0.00000121. The minimum Gasteiger partial charge on any atom is -0.508 e. The molecule has 0 aliphatic heterocycles. The van der Waals surface area contributed by atoms with Gasteiger partial charge < -0.3 is 10.4 Å². The fourth-order valence-electron chi connectivity index (χ4n) is 1.41. The van der Waals surface area contributed by atoms with E-state index in [-0.39, 0.29) is 17.7 Å². The van der Waals surface area contributed by atoms with E-state index < -0.39 is 0 Å². The van der Waals surface area contributed by atoms with Crippen LogP contribution in [0.15, 0.2) is 24.3 Å².